The molecule has 2 rings (SSSR count). The van der Waals surface area contributed by atoms with Crippen LogP contribution in [-0.4, -0.2) is 37.9 Å². The molecule has 1 aliphatic carbocycles. The van der Waals surface area contributed by atoms with Crippen LogP contribution in [0.3, 0.4) is 0 Å². The summed E-state index contributed by atoms with van der Waals surface area (Å²) in [7, 11) is -1.62. The highest BCUT2D eigenvalue weighted by atomic mass is 35.7. The summed E-state index contributed by atoms with van der Waals surface area (Å²) in [5, 5.41) is -0.540. The minimum Gasteiger partial charge on any atom is -0.330 e. The molecule has 0 radical (unpaired) electrons. The molecule has 1 saturated carbocycles. The highest BCUT2D eigenvalue weighted by Crippen LogP contribution is 2.33. The number of aryl methyl sites for hydroxylation is 1. The molecule has 0 saturated heterocycles. The fourth-order valence-corrected chi connectivity index (χ4v) is 4.71. The molecular formula is C12H19ClN2O4S2. The van der Waals surface area contributed by atoms with Crippen LogP contribution in [0.5, 0.6) is 0 Å². The number of imidazole rings is 1. The second-order valence-corrected chi connectivity index (χ2v) is 10.3. The summed E-state index contributed by atoms with van der Waals surface area (Å²) in [5.41, 5.74) is 0. The molecule has 120 valence electrons. The SMILES string of the molecule is CCc1nc(S(=O)(=O)Cl)cn1C1CCCC(S(C)(=O)=O)C1. The third-order valence-electron chi connectivity index (χ3n) is 3.95. The van der Waals surface area contributed by atoms with Crippen LogP contribution >= 0.6 is 10.7 Å². The number of aromatic nitrogens is 2. The second-order valence-electron chi connectivity index (χ2n) is 5.47. The van der Waals surface area contributed by atoms with E-state index in [9.17, 15) is 16.8 Å². The van der Waals surface area contributed by atoms with Crippen molar-refractivity contribution in [2.24, 2.45) is 0 Å². The van der Waals surface area contributed by atoms with Crippen LogP contribution in [0.25, 0.3) is 0 Å². The van der Waals surface area contributed by atoms with Gasteiger partial charge < -0.3 is 4.57 Å². The maximum absolute atomic E-state index is 11.7. The van der Waals surface area contributed by atoms with Gasteiger partial charge >= 0.3 is 0 Å². The lowest BCUT2D eigenvalue weighted by atomic mass is 9.94. The number of nitrogens with zero attached hydrogens (tertiary/aromatic N) is 2. The molecule has 21 heavy (non-hydrogen) atoms. The van der Waals surface area contributed by atoms with Crippen LogP contribution < -0.4 is 0 Å². The van der Waals surface area contributed by atoms with Gasteiger partial charge in [-0.2, -0.15) is 0 Å². The molecule has 2 unspecified atom stereocenters. The Balaban J connectivity index is 2.35. The van der Waals surface area contributed by atoms with Crippen molar-refractivity contribution in [3.05, 3.63) is 12.0 Å². The average Bonchev–Trinajstić information content (AvgIpc) is 2.82. The molecule has 0 aliphatic heterocycles. The molecule has 0 N–H and O–H groups in total. The molecule has 1 heterocycles. The summed E-state index contributed by atoms with van der Waals surface area (Å²) in [6.45, 7) is 1.88. The van der Waals surface area contributed by atoms with Crippen LogP contribution in [0.4, 0.5) is 0 Å². The van der Waals surface area contributed by atoms with Gasteiger partial charge in [0.05, 0.1) is 5.25 Å². The summed E-state index contributed by atoms with van der Waals surface area (Å²) in [5.74, 6) is 0.619. The van der Waals surface area contributed by atoms with Crippen molar-refractivity contribution in [2.45, 2.75) is 55.3 Å². The first kappa shape index (κ1) is 16.8. The molecule has 1 fully saturated rings. The Bertz CT molecular complexity index is 724. The Labute approximate surface area is 129 Å². The molecule has 2 atom stereocenters. The average molecular weight is 355 g/mol. The van der Waals surface area contributed by atoms with E-state index in [1.165, 1.54) is 12.5 Å². The first-order chi connectivity index (χ1) is 9.63. The lowest BCUT2D eigenvalue weighted by molar-refractivity contribution is 0.345. The van der Waals surface area contributed by atoms with Crippen molar-refractivity contribution in [3.8, 4) is 0 Å². The Morgan fingerprint density at radius 3 is 2.52 bits per heavy atom. The molecule has 0 aromatic carbocycles. The van der Waals surface area contributed by atoms with E-state index in [-0.39, 0.29) is 16.3 Å². The molecule has 1 aromatic heterocycles. The Hall–Kier alpha value is -0.600. The Kier molecular flexibility index (Phi) is 4.70. The molecule has 0 spiro atoms. The van der Waals surface area contributed by atoms with Crippen LogP contribution in [-0.2, 0) is 25.3 Å². The highest BCUT2D eigenvalue weighted by molar-refractivity contribution is 8.13. The molecule has 0 bridgehead atoms. The van der Waals surface area contributed by atoms with Gasteiger partial charge in [0.2, 0.25) is 0 Å². The van der Waals surface area contributed by atoms with E-state index in [2.05, 4.69) is 4.98 Å². The lowest BCUT2D eigenvalue weighted by Gasteiger charge is -2.29. The standard InChI is InChI=1S/C12H19ClN2O4S2/c1-3-11-14-12(21(13,18)19)8-15(11)9-5-4-6-10(7-9)20(2,16)17/h8-10H,3-7H2,1-2H3. The van der Waals surface area contributed by atoms with Gasteiger partial charge in [-0.15, -0.1) is 0 Å². The monoisotopic (exact) mass is 354 g/mol. The van der Waals surface area contributed by atoms with Crippen LogP contribution in [0, 0.1) is 0 Å². The van der Waals surface area contributed by atoms with Gasteiger partial charge in [-0.1, -0.05) is 13.3 Å². The molecule has 6 nitrogen and oxygen atoms in total. The van der Waals surface area contributed by atoms with E-state index in [0.717, 1.165) is 12.8 Å². The first-order valence-corrected chi connectivity index (χ1v) is 11.1. The molecular weight excluding hydrogens is 336 g/mol. The van der Waals surface area contributed by atoms with Gasteiger partial charge in [0.25, 0.3) is 9.05 Å². The maximum atomic E-state index is 11.7. The summed E-state index contributed by atoms with van der Waals surface area (Å²) in [6, 6.07) is -0.0481. The van der Waals surface area contributed by atoms with Gasteiger partial charge in [0, 0.05) is 35.6 Å². The quantitative estimate of drug-likeness (QED) is 0.771. The first-order valence-electron chi connectivity index (χ1n) is 6.84. The van der Waals surface area contributed by atoms with E-state index in [1.54, 1.807) is 4.57 Å². The fourth-order valence-electron chi connectivity index (χ4n) is 2.86. The van der Waals surface area contributed by atoms with E-state index in [1.807, 2.05) is 6.92 Å². The topological polar surface area (TPSA) is 86.1 Å². The smallest absolute Gasteiger partial charge is 0.280 e. The van der Waals surface area contributed by atoms with Crippen molar-refractivity contribution in [3.63, 3.8) is 0 Å². The van der Waals surface area contributed by atoms with Crippen LogP contribution in [0.15, 0.2) is 11.2 Å². The summed E-state index contributed by atoms with van der Waals surface area (Å²) in [6.07, 6.45) is 6.01. The van der Waals surface area contributed by atoms with Gasteiger partial charge in [-0.25, -0.2) is 21.8 Å². The zero-order valence-electron chi connectivity index (χ0n) is 12.0. The maximum Gasteiger partial charge on any atom is 0.280 e. The second kappa shape index (κ2) is 5.89. The Morgan fingerprint density at radius 1 is 1.33 bits per heavy atom. The largest absolute Gasteiger partial charge is 0.330 e. The fraction of sp³-hybridized carbons (Fsp3) is 0.750. The number of hydrogen-bond acceptors (Lipinski definition) is 5. The van der Waals surface area contributed by atoms with Gasteiger partial charge in [0.1, 0.15) is 15.7 Å². The van der Waals surface area contributed by atoms with E-state index >= 15 is 0 Å². The van der Waals surface area contributed by atoms with Gasteiger partial charge in [-0.05, 0) is 19.3 Å². The van der Waals surface area contributed by atoms with E-state index < -0.39 is 18.9 Å². The van der Waals surface area contributed by atoms with Crippen molar-refractivity contribution in [1.29, 1.82) is 0 Å². The van der Waals surface area contributed by atoms with Crippen LogP contribution in [0.2, 0.25) is 0 Å². The summed E-state index contributed by atoms with van der Waals surface area (Å²) >= 11 is 0. The van der Waals surface area contributed by atoms with E-state index in [0.29, 0.717) is 25.1 Å². The number of hydrogen-bond donors (Lipinski definition) is 0. The van der Waals surface area contributed by atoms with E-state index in [4.69, 9.17) is 10.7 Å². The molecule has 1 aromatic rings. The molecule has 9 heteroatoms. The lowest BCUT2D eigenvalue weighted by Crippen LogP contribution is -2.29. The summed E-state index contributed by atoms with van der Waals surface area (Å²) in [4.78, 5) is 4.06. The number of halogens is 1. The predicted molar refractivity (Wildman–Crippen MR) is 80.8 cm³/mol. The molecule has 0 amide bonds. The third kappa shape index (κ3) is 3.78. The van der Waals surface area contributed by atoms with Crippen molar-refractivity contribution >= 4 is 29.6 Å². The molecule has 1 aliphatic rings. The number of sulfone groups is 1. The highest BCUT2D eigenvalue weighted by Gasteiger charge is 2.31. The zero-order valence-corrected chi connectivity index (χ0v) is 14.4. The minimum absolute atomic E-state index is 0.0481. The van der Waals surface area contributed by atoms with Crippen LogP contribution in [0.1, 0.15) is 44.5 Å². The predicted octanol–water partition coefficient (Wildman–Crippen LogP) is 1.90. The normalized spacial score (nSPS) is 24.1. The number of rotatable bonds is 4. The van der Waals surface area contributed by atoms with Gasteiger partial charge in [0.15, 0.2) is 5.03 Å². The third-order valence-corrected chi connectivity index (χ3v) is 6.76. The Morgan fingerprint density at radius 2 is 2.00 bits per heavy atom. The zero-order chi connectivity index (χ0) is 15.8. The van der Waals surface area contributed by atoms with Crippen molar-refractivity contribution < 1.29 is 16.8 Å². The van der Waals surface area contributed by atoms with Gasteiger partial charge in [-0.3, -0.25) is 0 Å². The van der Waals surface area contributed by atoms with Crippen molar-refractivity contribution in [2.75, 3.05) is 6.26 Å². The van der Waals surface area contributed by atoms with Crippen molar-refractivity contribution in [1.82, 2.24) is 9.55 Å². The minimum atomic E-state index is -3.87. The summed E-state index contributed by atoms with van der Waals surface area (Å²) < 4.78 is 48.1.